The van der Waals surface area contributed by atoms with Gasteiger partial charge in [-0.15, -0.1) is 0 Å². The number of amides is 1. The summed E-state index contributed by atoms with van der Waals surface area (Å²) in [5, 5.41) is 0. The first-order valence-corrected chi connectivity index (χ1v) is 8.01. The van der Waals surface area contributed by atoms with Crippen molar-refractivity contribution in [3.63, 3.8) is 0 Å². The zero-order chi connectivity index (χ0) is 18.8. The molecule has 0 N–H and O–H groups in total. The van der Waals surface area contributed by atoms with E-state index in [1.165, 1.54) is 6.07 Å². The topological polar surface area (TPSA) is 32.8 Å². The molecule has 1 amide bonds. The van der Waals surface area contributed by atoms with E-state index in [0.29, 0.717) is 32.2 Å². The maximum atomic E-state index is 13.9. The number of hydrogen-bond donors (Lipinski definition) is 0. The summed E-state index contributed by atoms with van der Waals surface area (Å²) < 4.78 is 56.9. The molecule has 140 valence electrons. The molecule has 1 heterocycles. The van der Waals surface area contributed by atoms with E-state index in [9.17, 15) is 22.4 Å². The lowest BCUT2D eigenvalue weighted by molar-refractivity contribution is -0.137. The minimum Gasteiger partial charge on any atom is -0.444 e. The van der Waals surface area contributed by atoms with Crippen LogP contribution in [0.2, 0.25) is 0 Å². The minimum absolute atomic E-state index is 0.201. The van der Waals surface area contributed by atoms with Crippen LogP contribution in [0.5, 0.6) is 0 Å². The number of rotatable bonds is 2. The number of halogens is 4. The molecule has 1 aliphatic heterocycles. The lowest BCUT2D eigenvalue weighted by Crippen LogP contribution is -2.49. The van der Waals surface area contributed by atoms with E-state index in [0.717, 1.165) is 6.07 Å². The summed E-state index contributed by atoms with van der Waals surface area (Å²) in [5.74, 6) is -0.871. The Morgan fingerprint density at radius 2 is 1.72 bits per heavy atom. The summed E-state index contributed by atoms with van der Waals surface area (Å²) in [6.45, 7) is 7.41. The van der Waals surface area contributed by atoms with Gasteiger partial charge in [-0.1, -0.05) is 6.07 Å². The van der Waals surface area contributed by atoms with Gasteiger partial charge in [0.2, 0.25) is 0 Å². The van der Waals surface area contributed by atoms with Gasteiger partial charge in [0.1, 0.15) is 11.4 Å². The van der Waals surface area contributed by atoms with Crippen LogP contribution in [0.1, 0.15) is 31.9 Å². The van der Waals surface area contributed by atoms with Crippen molar-refractivity contribution in [1.29, 1.82) is 0 Å². The number of carbonyl (C=O) groups is 1. The molecule has 0 bridgehead atoms. The molecule has 4 nitrogen and oxygen atoms in total. The van der Waals surface area contributed by atoms with Crippen LogP contribution >= 0.6 is 0 Å². The van der Waals surface area contributed by atoms with Crippen molar-refractivity contribution in [3.8, 4) is 0 Å². The average Bonchev–Trinajstić information content (AvgIpc) is 2.47. The first-order chi connectivity index (χ1) is 11.5. The quantitative estimate of drug-likeness (QED) is 0.748. The molecule has 0 saturated carbocycles. The zero-order valence-electron chi connectivity index (χ0n) is 14.5. The standard InChI is InChI=1S/C17H22F4N2O2/c1-16(2,3)25-15(24)23-8-6-22(7-9-23)11-12-4-5-13(10-14(12)18)17(19,20)21/h4-5,10H,6-9,11H2,1-3H3. The van der Waals surface area contributed by atoms with Gasteiger partial charge in [0, 0.05) is 38.3 Å². The maximum Gasteiger partial charge on any atom is 0.416 e. The highest BCUT2D eigenvalue weighted by Crippen LogP contribution is 2.30. The largest absolute Gasteiger partial charge is 0.444 e. The molecule has 2 rings (SSSR count). The summed E-state index contributed by atoms with van der Waals surface area (Å²) in [7, 11) is 0. The molecule has 0 atom stereocenters. The van der Waals surface area contributed by atoms with Crippen LogP contribution in [0.3, 0.4) is 0 Å². The molecule has 1 aromatic rings. The molecular formula is C17H22F4N2O2. The van der Waals surface area contributed by atoms with E-state index in [4.69, 9.17) is 4.74 Å². The number of ether oxygens (including phenoxy) is 1. The summed E-state index contributed by atoms with van der Waals surface area (Å²) in [6, 6.07) is 2.57. The maximum absolute atomic E-state index is 13.9. The summed E-state index contributed by atoms with van der Waals surface area (Å²) >= 11 is 0. The summed E-state index contributed by atoms with van der Waals surface area (Å²) in [6.07, 6.45) is -4.95. The van der Waals surface area contributed by atoms with E-state index in [1.807, 2.05) is 4.90 Å². The molecule has 0 radical (unpaired) electrons. The van der Waals surface area contributed by atoms with E-state index in [2.05, 4.69) is 0 Å². The van der Waals surface area contributed by atoms with Gasteiger partial charge in [0.15, 0.2) is 0 Å². The predicted octanol–water partition coefficient (Wildman–Crippen LogP) is 3.90. The van der Waals surface area contributed by atoms with Gasteiger partial charge in [-0.05, 0) is 32.9 Å². The molecule has 0 aromatic heterocycles. The second-order valence-electron chi connectivity index (χ2n) is 7.05. The Morgan fingerprint density at radius 3 is 2.20 bits per heavy atom. The van der Waals surface area contributed by atoms with Crippen molar-refractivity contribution in [2.24, 2.45) is 0 Å². The number of carbonyl (C=O) groups excluding carboxylic acids is 1. The van der Waals surface area contributed by atoms with Crippen molar-refractivity contribution >= 4 is 6.09 Å². The Balaban J connectivity index is 1.91. The Hall–Kier alpha value is -1.83. The Kier molecular flexibility index (Phi) is 5.61. The Labute approximate surface area is 144 Å². The molecule has 8 heteroatoms. The molecule has 0 spiro atoms. The normalized spacial score (nSPS) is 16.8. The van der Waals surface area contributed by atoms with Crippen LogP contribution < -0.4 is 0 Å². The Morgan fingerprint density at radius 1 is 1.12 bits per heavy atom. The fourth-order valence-electron chi connectivity index (χ4n) is 2.51. The third-order valence-corrected chi connectivity index (χ3v) is 3.80. The monoisotopic (exact) mass is 362 g/mol. The van der Waals surface area contributed by atoms with Gasteiger partial charge in [-0.3, -0.25) is 4.90 Å². The summed E-state index contributed by atoms with van der Waals surface area (Å²) in [5.41, 5.74) is -1.36. The van der Waals surface area contributed by atoms with Gasteiger partial charge in [-0.25, -0.2) is 9.18 Å². The van der Waals surface area contributed by atoms with Gasteiger partial charge in [0.25, 0.3) is 0 Å². The minimum atomic E-state index is -4.56. The van der Waals surface area contributed by atoms with E-state index < -0.39 is 29.3 Å². The van der Waals surface area contributed by atoms with Gasteiger partial charge >= 0.3 is 12.3 Å². The predicted molar refractivity (Wildman–Crippen MR) is 84.5 cm³/mol. The molecule has 25 heavy (non-hydrogen) atoms. The fourth-order valence-corrected chi connectivity index (χ4v) is 2.51. The fraction of sp³-hybridized carbons (Fsp3) is 0.588. The van der Waals surface area contributed by atoms with E-state index in [1.54, 1.807) is 25.7 Å². The highest BCUT2D eigenvalue weighted by atomic mass is 19.4. The lowest BCUT2D eigenvalue weighted by atomic mass is 10.1. The SMILES string of the molecule is CC(C)(C)OC(=O)N1CCN(Cc2ccc(C(F)(F)F)cc2F)CC1. The van der Waals surface area contributed by atoms with Crippen molar-refractivity contribution in [2.75, 3.05) is 26.2 Å². The van der Waals surface area contributed by atoms with E-state index in [-0.39, 0.29) is 12.1 Å². The number of alkyl halides is 3. The van der Waals surface area contributed by atoms with Gasteiger partial charge in [0.05, 0.1) is 5.56 Å². The van der Waals surface area contributed by atoms with Crippen LogP contribution in [0.25, 0.3) is 0 Å². The molecule has 1 aliphatic rings. The van der Waals surface area contributed by atoms with Crippen LogP contribution in [-0.4, -0.2) is 47.7 Å². The summed E-state index contributed by atoms with van der Waals surface area (Å²) in [4.78, 5) is 15.5. The smallest absolute Gasteiger partial charge is 0.416 e. The first kappa shape index (κ1) is 19.5. The second-order valence-corrected chi connectivity index (χ2v) is 7.05. The van der Waals surface area contributed by atoms with Gasteiger partial charge < -0.3 is 9.64 Å². The highest BCUT2D eigenvalue weighted by molar-refractivity contribution is 5.68. The van der Waals surface area contributed by atoms with Crippen LogP contribution in [0, 0.1) is 5.82 Å². The van der Waals surface area contributed by atoms with E-state index >= 15 is 0 Å². The van der Waals surface area contributed by atoms with Crippen molar-refractivity contribution in [2.45, 2.75) is 39.1 Å². The van der Waals surface area contributed by atoms with Crippen molar-refractivity contribution in [3.05, 3.63) is 35.1 Å². The second kappa shape index (κ2) is 7.19. The van der Waals surface area contributed by atoms with Crippen molar-refractivity contribution in [1.82, 2.24) is 9.80 Å². The molecule has 0 aliphatic carbocycles. The zero-order valence-corrected chi connectivity index (χ0v) is 14.5. The van der Waals surface area contributed by atoms with Crippen LogP contribution in [0.15, 0.2) is 18.2 Å². The third-order valence-electron chi connectivity index (χ3n) is 3.80. The third kappa shape index (κ3) is 5.59. The number of nitrogens with zero attached hydrogens (tertiary/aromatic N) is 2. The number of piperazine rings is 1. The lowest BCUT2D eigenvalue weighted by Gasteiger charge is -2.35. The number of hydrogen-bond acceptors (Lipinski definition) is 3. The Bertz CT molecular complexity index is 618. The molecular weight excluding hydrogens is 340 g/mol. The van der Waals surface area contributed by atoms with Crippen molar-refractivity contribution < 1.29 is 27.1 Å². The van der Waals surface area contributed by atoms with Crippen LogP contribution in [0.4, 0.5) is 22.4 Å². The molecule has 1 fully saturated rings. The van der Waals surface area contributed by atoms with Crippen LogP contribution in [-0.2, 0) is 17.5 Å². The van der Waals surface area contributed by atoms with Gasteiger partial charge in [-0.2, -0.15) is 13.2 Å². The first-order valence-electron chi connectivity index (χ1n) is 8.01. The average molecular weight is 362 g/mol. The highest BCUT2D eigenvalue weighted by Gasteiger charge is 2.31. The molecule has 0 unspecified atom stereocenters. The molecule has 1 saturated heterocycles. The number of benzene rings is 1. The molecule has 1 aromatic carbocycles.